The van der Waals surface area contributed by atoms with Crippen molar-refractivity contribution in [2.24, 2.45) is 0 Å². The molecule has 3 rings (SSSR count). The van der Waals surface area contributed by atoms with Crippen LogP contribution in [0.5, 0.6) is 0 Å². The Kier molecular flexibility index (Phi) is 3.91. The van der Waals surface area contributed by atoms with E-state index < -0.39 is 0 Å². The fraction of sp³-hybridized carbons (Fsp3) is 0.615. The molecule has 2 unspecified atom stereocenters. The number of hydrogen-bond donors (Lipinski definition) is 1. The van der Waals surface area contributed by atoms with Crippen molar-refractivity contribution in [1.82, 2.24) is 14.7 Å². The van der Waals surface area contributed by atoms with E-state index in [9.17, 15) is 0 Å². The molecule has 1 aliphatic carbocycles. The molecule has 5 heteroatoms. The lowest BCUT2D eigenvalue weighted by Crippen LogP contribution is -2.40. The Morgan fingerprint density at radius 2 is 2.39 bits per heavy atom. The third-order valence-corrected chi connectivity index (χ3v) is 5.63. The summed E-state index contributed by atoms with van der Waals surface area (Å²) in [7, 11) is 0. The van der Waals surface area contributed by atoms with Gasteiger partial charge in [-0.05, 0) is 19.1 Å². The van der Waals surface area contributed by atoms with Crippen LogP contribution in [0.2, 0.25) is 0 Å². The number of nitrogens with one attached hydrogen (secondary N) is 1. The zero-order chi connectivity index (χ0) is 12.4. The molecule has 3 nitrogen and oxygen atoms in total. The fourth-order valence-corrected chi connectivity index (χ4v) is 4.39. The van der Waals surface area contributed by atoms with Crippen LogP contribution < -0.4 is 5.32 Å². The zero-order valence-electron chi connectivity index (χ0n) is 10.6. The molecule has 0 saturated heterocycles. The van der Waals surface area contributed by atoms with Crippen molar-refractivity contribution < 1.29 is 0 Å². The van der Waals surface area contributed by atoms with Gasteiger partial charge in [-0.1, -0.05) is 12.8 Å². The van der Waals surface area contributed by atoms with Gasteiger partial charge in [-0.2, -0.15) is 11.8 Å². The predicted molar refractivity (Wildman–Crippen MR) is 79.5 cm³/mol. The molecule has 1 saturated carbocycles. The molecule has 18 heavy (non-hydrogen) atoms. The molecule has 0 amide bonds. The summed E-state index contributed by atoms with van der Waals surface area (Å²) in [6.45, 7) is 0.899. The van der Waals surface area contributed by atoms with E-state index in [1.807, 2.05) is 11.8 Å². The molecule has 0 aromatic carbocycles. The van der Waals surface area contributed by atoms with Gasteiger partial charge < -0.3 is 5.32 Å². The first kappa shape index (κ1) is 12.5. The van der Waals surface area contributed by atoms with Crippen LogP contribution in [0.25, 0.3) is 4.96 Å². The molecule has 98 valence electrons. The van der Waals surface area contributed by atoms with Crippen LogP contribution in [0.3, 0.4) is 0 Å². The van der Waals surface area contributed by atoms with Crippen molar-refractivity contribution in [3.05, 3.63) is 23.5 Å². The topological polar surface area (TPSA) is 29.3 Å². The monoisotopic (exact) mass is 281 g/mol. The maximum absolute atomic E-state index is 4.62. The van der Waals surface area contributed by atoms with Crippen molar-refractivity contribution in [2.45, 2.75) is 43.5 Å². The van der Waals surface area contributed by atoms with Gasteiger partial charge in [-0.15, -0.1) is 11.3 Å². The van der Waals surface area contributed by atoms with Crippen molar-refractivity contribution >= 4 is 28.1 Å². The summed E-state index contributed by atoms with van der Waals surface area (Å²) in [4.78, 5) is 5.71. The zero-order valence-corrected chi connectivity index (χ0v) is 12.3. The Labute approximate surface area is 116 Å². The lowest BCUT2D eigenvalue weighted by molar-refractivity contribution is 0.382. The van der Waals surface area contributed by atoms with Crippen LogP contribution in [-0.2, 0) is 6.54 Å². The van der Waals surface area contributed by atoms with Gasteiger partial charge in [-0.3, -0.25) is 4.40 Å². The molecule has 2 aromatic heterocycles. The van der Waals surface area contributed by atoms with E-state index in [-0.39, 0.29) is 0 Å². The smallest absolute Gasteiger partial charge is 0.193 e. The molecule has 2 heterocycles. The summed E-state index contributed by atoms with van der Waals surface area (Å²) in [6.07, 6.45) is 11.9. The van der Waals surface area contributed by atoms with E-state index in [1.165, 1.54) is 25.7 Å². The van der Waals surface area contributed by atoms with Gasteiger partial charge in [0.05, 0.1) is 5.69 Å². The van der Waals surface area contributed by atoms with Crippen LogP contribution >= 0.6 is 23.1 Å². The first-order valence-corrected chi connectivity index (χ1v) is 8.71. The Balaban J connectivity index is 1.61. The third-order valence-electron chi connectivity index (χ3n) is 3.69. The average molecular weight is 281 g/mol. The second-order valence-corrected chi connectivity index (χ2v) is 6.82. The summed E-state index contributed by atoms with van der Waals surface area (Å²) in [6, 6.07) is 0.661. The van der Waals surface area contributed by atoms with E-state index in [2.05, 4.69) is 38.7 Å². The molecular formula is C13H19N3S2. The number of thiazole rings is 1. The van der Waals surface area contributed by atoms with Crippen molar-refractivity contribution in [3.8, 4) is 0 Å². The van der Waals surface area contributed by atoms with Crippen molar-refractivity contribution in [2.75, 3.05) is 6.26 Å². The average Bonchev–Trinajstić information content (AvgIpc) is 2.97. The molecule has 0 radical (unpaired) electrons. The predicted octanol–water partition coefficient (Wildman–Crippen LogP) is 3.16. The van der Waals surface area contributed by atoms with Crippen molar-refractivity contribution in [3.63, 3.8) is 0 Å². The van der Waals surface area contributed by atoms with E-state index in [0.717, 1.165) is 22.4 Å². The van der Waals surface area contributed by atoms with Gasteiger partial charge in [0, 0.05) is 35.6 Å². The molecule has 2 atom stereocenters. The van der Waals surface area contributed by atoms with Crippen LogP contribution in [0.15, 0.2) is 17.8 Å². The molecule has 0 aliphatic heterocycles. The molecule has 1 aliphatic rings. The highest BCUT2D eigenvalue weighted by Gasteiger charge is 2.23. The maximum atomic E-state index is 4.62. The van der Waals surface area contributed by atoms with E-state index >= 15 is 0 Å². The van der Waals surface area contributed by atoms with Gasteiger partial charge in [0.15, 0.2) is 4.96 Å². The highest BCUT2D eigenvalue weighted by Crippen LogP contribution is 2.27. The van der Waals surface area contributed by atoms with E-state index in [0.29, 0.717) is 6.04 Å². The first-order chi connectivity index (χ1) is 8.86. The second-order valence-electron chi connectivity index (χ2n) is 4.87. The van der Waals surface area contributed by atoms with Crippen LogP contribution in [0.4, 0.5) is 0 Å². The number of imidazole rings is 1. The standard InChI is InChI=1S/C13H19N3S2/c1-17-12-5-3-2-4-11(12)14-8-10-9-16-6-7-18-13(16)15-10/h6-7,9,11-12,14H,2-5,8H2,1H3. The number of nitrogens with zero attached hydrogens (tertiary/aromatic N) is 2. The minimum atomic E-state index is 0.661. The van der Waals surface area contributed by atoms with Gasteiger partial charge in [-0.25, -0.2) is 4.98 Å². The Morgan fingerprint density at radius 3 is 3.22 bits per heavy atom. The molecule has 1 N–H and O–H groups in total. The number of hydrogen-bond acceptors (Lipinski definition) is 4. The highest BCUT2D eigenvalue weighted by atomic mass is 32.2. The normalized spacial score (nSPS) is 24.7. The maximum Gasteiger partial charge on any atom is 0.193 e. The number of aromatic nitrogens is 2. The first-order valence-electron chi connectivity index (χ1n) is 6.54. The number of thioether (sulfide) groups is 1. The second kappa shape index (κ2) is 5.63. The van der Waals surface area contributed by atoms with E-state index in [4.69, 9.17) is 0 Å². The summed E-state index contributed by atoms with van der Waals surface area (Å²) >= 11 is 3.70. The molecule has 0 bridgehead atoms. The Hall–Kier alpha value is -0.520. The largest absolute Gasteiger partial charge is 0.307 e. The quantitative estimate of drug-likeness (QED) is 0.933. The minimum Gasteiger partial charge on any atom is -0.307 e. The van der Waals surface area contributed by atoms with Gasteiger partial charge >= 0.3 is 0 Å². The fourth-order valence-electron chi connectivity index (χ4n) is 2.71. The van der Waals surface area contributed by atoms with Crippen LogP contribution in [-0.4, -0.2) is 26.9 Å². The van der Waals surface area contributed by atoms with Gasteiger partial charge in [0.1, 0.15) is 0 Å². The van der Waals surface area contributed by atoms with Gasteiger partial charge in [0.2, 0.25) is 0 Å². The molecule has 0 spiro atoms. The third kappa shape index (κ3) is 2.58. The molecule has 2 aromatic rings. The van der Waals surface area contributed by atoms with Gasteiger partial charge in [0.25, 0.3) is 0 Å². The SMILES string of the molecule is CSC1CCCCC1NCc1cn2ccsc2n1. The van der Waals surface area contributed by atoms with Crippen molar-refractivity contribution in [1.29, 1.82) is 0 Å². The Bertz CT molecular complexity index is 477. The summed E-state index contributed by atoms with van der Waals surface area (Å²) in [5.74, 6) is 0. The van der Waals surface area contributed by atoms with Crippen LogP contribution in [0.1, 0.15) is 31.4 Å². The summed E-state index contributed by atoms with van der Waals surface area (Å²) in [5.41, 5.74) is 1.16. The highest BCUT2D eigenvalue weighted by molar-refractivity contribution is 7.99. The summed E-state index contributed by atoms with van der Waals surface area (Å²) in [5, 5.41) is 6.55. The van der Waals surface area contributed by atoms with E-state index in [1.54, 1.807) is 11.3 Å². The lowest BCUT2D eigenvalue weighted by Gasteiger charge is -2.30. The number of rotatable bonds is 4. The Morgan fingerprint density at radius 1 is 1.50 bits per heavy atom. The molecular weight excluding hydrogens is 262 g/mol. The number of fused-ring (bicyclic) bond motifs is 1. The molecule has 1 fully saturated rings. The minimum absolute atomic E-state index is 0.661. The van der Waals surface area contributed by atoms with Crippen LogP contribution in [0, 0.1) is 0 Å². The lowest BCUT2D eigenvalue weighted by atomic mass is 9.95. The summed E-state index contributed by atoms with van der Waals surface area (Å²) < 4.78 is 2.11.